The summed E-state index contributed by atoms with van der Waals surface area (Å²) in [6.45, 7) is 5.91. The van der Waals surface area contributed by atoms with Crippen LogP contribution in [0.15, 0.2) is 36.7 Å². The Morgan fingerprint density at radius 1 is 1.38 bits per heavy atom. The molecule has 0 bridgehead atoms. The van der Waals surface area contributed by atoms with Gasteiger partial charge < -0.3 is 10.0 Å². The van der Waals surface area contributed by atoms with Crippen molar-refractivity contribution in [3.05, 3.63) is 42.2 Å². The predicted molar refractivity (Wildman–Crippen MR) is 95.9 cm³/mol. The Morgan fingerprint density at radius 2 is 2.21 bits per heavy atom. The number of rotatable bonds is 4. The number of hydrogen-bond donors (Lipinski definition) is 1. The van der Waals surface area contributed by atoms with Crippen LogP contribution in [0.25, 0.3) is 10.8 Å². The molecule has 128 valence electrons. The summed E-state index contributed by atoms with van der Waals surface area (Å²) in [7, 11) is 0. The van der Waals surface area contributed by atoms with Gasteiger partial charge in [-0.05, 0) is 42.7 Å². The molecule has 1 atom stereocenters. The number of aromatic nitrogens is 1. The maximum absolute atomic E-state index is 13.1. The lowest BCUT2D eigenvalue weighted by Gasteiger charge is -2.43. The lowest BCUT2D eigenvalue weighted by atomic mass is 9.74. The fourth-order valence-corrected chi connectivity index (χ4v) is 4.09. The SMILES string of the molecule is CC(C)C[C@@]1(CO)CCCN(C(=O)c2cccc3cnccc23)C1. The molecule has 0 aliphatic carbocycles. The summed E-state index contributed by atoms with van der Waals surface area (Å²) in [6, 6.07) is 7.68. The van der Waals surface area contributed by atoms with Crippen molar-refractivity contribution in [1.82, 2.24) is 9.88 Å². The molecule has 1 aliphatic heterocycles. The number of benzene rings is 1. The minimum absolute atomic E-state index is 0.0630. The van der Waals surface area contributed by atoms with E-state index in [0.29, 0.717) is 12.5 Å². The van der Waals surface area contributed by atoms with Crippen LogP contribution in [-0.2, 0) is 0 Å². The van der Waals surface area contributed by atoms with Gasteiger partial charge in [0.25, 0.3) is 5.91 Å². The normalized spacial score (nSPS) is 21.4. The van der Waals surface area contributed by atoms with Gasteiger partial charge in [0, 0.05) is 41.8 Å². The molecule has 0 spiro atoms. The second-order valence-electron chi connectivity index (χ2n) is 7.49. The van der Waals surface area contributed by atoms with Crippen molar-refractivity contribution in [3.8, 4) is 0 Å². The number of amides is 1. The van der Waals surface area contributed by atoms with E-state index >= 15 is 0 Å². The highest BCUT2D eigenvalue weighted by Crippen LogP contribution is 2.36. The van der Waals surface area contributed by atoms with E-state index in [1.165, 1.54) is 0 Å². The lowest BCUT2D eigenvalue weighted by molar-refractivity contribution is 0.0161. The van der Waals surface area contributed by atoms with Crippen LogP contribution in [0.1, 0.15) is 43.5 Å². The van der Waals surface area contributed by atoms with Gasteiger partial charge in [-0.2, -0.15) is 0 Å². The molecule has 0 saturated carbocycles. The van der Waals surface area contributed by atoms with E-state index in [1.54, 1.807) is 12.4 Å². The highest BCUT2D eigenvalue weighted by atomic mass is 16.3. The van der Waals surface area contributed by atoms with Crippen LogP contribution in [0.5, 0.6) is 0 Å². The number of fused-ring (bicyclic) bond motifs is 1. The Balaban J connectivity index is 1.89. The molecule has 0 radical (unpaired) electrons. The summed E-state index contributed by atoms with van der Waals surface area (Å²) in [5.41, 5.74) is 0.571. The predicted octanol–water partition coefficient (Wildman–Crippen LogP) is 3.50. The molecule has 1 saturated heterocycles. The molecule has 0 unspecified atom stereocenters. The van der Waals surface area contributed by atoms with Gasteiger partial charge in [-0.1, -0.05) is 26.0 Å². The molecular weight excluding hydrogens is 300 g/mol. The topological polar surface area (TPSA) is 53.4 Å². The average Bonchev–Trinajstić information content (AvgIpc) is 2.60. The molecule has 1 aliphatic rings. The lowest BCUT2D eigenvalue weighted by Crippen LogP contribution is -2.48. The van der Waals surface area contributed by atoms with Crippen molar-refractivity contribution in [2.75, 3.05) is 19.7 Å². The van der Waals surface area contributed by atoms with Crippen molar-refractivity contribution in [2.24, 2.45) is 11.3 Å². The van der Waals surface area contributed by atoms with E-state index in [-0.39, 0.29) is 17.9 Å². The Morgan fingerprint density at radius 3 is 2.96 bits per heavy atom. The summed E-state index contributed by atoms with van der Waals surface area (Å²) in [6.07, 6.45) is 6.41. The third kappa shape index (κ3) is 3.29. The van der Waals surface area contributed by atoms with Gasteiger partial charge in [-0.25, -0.2) is 0 Å². The molecule has 4 heteroatoms. The monoisotopic (exact) mass is 326 g/mol. The van der Waals surface area contributed by atoms with Crippen LogP contribution in [0.3, 0.4) is 0 Å². The molecule has 2 heterocycles. The smallest absolute Gasteiger partial charge is 0.254 e. The number of hydrogen-bond acceptors (Lipinski definition) is 3. The number of aliphatic hydroxyl groups is 1. The number of likely N-dealkylation sites (tertiary alicyclic amines) is 1. The largest absolute Gasteiger partial charge is 0.396 e. The Kier molecular flexibility index (Phi) is 4.86. The third-order valence-corrected chi connectivity index (χ3v) is 5.04. The van der Waals surface area contributed by atoms with E-state index in [9.17, 15) is 9.90 Å². The van der Waals surface area contributed by atoms with Crippen LogP contribution in [0, 0.1) is 11.3 Å². The molecule has 3 rings (SSSR count). The highest BCUT2D eigenvalue weighted by Gasteiger charge is 2.37. The Hall–Kier alpha value is -1.94. The van der Waals surface area contributed by atoms with E-state index in [1.807, 2.05) is 29.2 Å². The molecular formula is C20H26N2O2. The summed E-state index contributed by atoms with van der Waals surface area (Å²) in [4.78, 5) is 19.2. The number of carbonyl (C=O) groups excluding carboxylic acids is 1. The first-order valence-corrected chi connectivity index (χ1v) is 8.77. The second-order valence-corrected chi connectivity index (χ2v) is 7.49. The van der Waals surface area contributed by atoms with Crippen LogP contribution in [0.4, 0.5) is 0 Å². The molecule has 1 aromatic carbocycles. The van der Waals surface area contributed by atoms with E-state index in [0.717, 1.165) is 42.1 Å². The van der Waals surface area contributed by atoms with Gasteiger partial charge in [0.1, 0.15) is 0 Å². The molecule has 1 aromatic heterocycles. The van der Waals surface area contributed by atoms with Gasteiger partial charge in [0.2, 0.25) is 0 Å². The third-order valence-electron chi connectivity index (χ3n) is 5.04. The minimum Gasteiger partial charge on any atom is -0.396 e. The summed E-state index contributed by atoms with van der Waals surface area (Å²) in [5.74, 6) is 0.573. The van der Waals surface area contributed by atoms with Crippen molar-refractivity contribution < 1.29 is 9.90 Å². The highest BCUT2D eigenvalue weighted by molar-refractivity contribution is 6.06. The van der Waals surface area contributed by atoms with Crippen LogP contribution in [-0.4, -0.2) is 40.6 Å². The second kappa shape index (κ2) is 6.89. The average molecular weight is 326 g/mol. The zero-order chi connectivity index (χ0) is 17.2. The van der Waals surface area contributed by atoms with Crippen molar-refractivity contribution in [3.63, 3.8) is 0 Å². The summed E-state index contributed by atoms with van der Waals surface area (Å²) in [5, 5.41) is 11.9. The molecule has 24 heavy (non-hydrogen) atoms. The molecule has 1 fully saturated rings. The maximum Gasteiger partial charge on any atom is 0.254 e. The fraction of sp³-hybridized carbons (Fsp3) is 0.500. The van der Waals surface area contributed by atoms with Crippen LogP contribution >= 0.6 is 0 Å². The molecule has 2 aromatic rings. The van der Waals surface area contributed by atoms with Gasteiger partial charge in [-0.15, -0.1) is 0 Å². The standard InChI is InChI=1S/C20H26N2O2/c1-15(2)11-20(14-23)8-4-10-22(13-20)19(24)18-6-3-5-16-12-21-9-7-17(16)18/h3,5-7,9,12,15,23H,4,8,10-11,13-14H2,1-2H3/t20-/m0/s1. The summed E-state index contributed by atoms with van der Waals surface area (Å²) < 4.78 is 0. The van der Waals surface area contributed by atoms with Crippen LogP contribution in [0.2, 0.25) is 0 Å². The van der Waals surface area contributed by atoms with Crippen molar-refractivity contribution in [2.45, 2.75) is 33.1 Å². The minimum atomic E-state index is -0.159. The van der Waals surface area contributed by atoms with Crippen molar-refractivity contribution >= 4 is 16.7 Å². The van der Waals surface area contributed by atoms with Crippen LogP contribution < -0.4 is 0 Å². The van der Waals surface area contributed by atoms with Gasteiger partial charge in [0.15, 0.2) is 0 Å². The number of nitrogens with zero attached hydrogens (tertiary/aromatic N) is 2. The quantitative estimate of drug-likeness (QED) is 0.935. The first kappa shape index (κ1) is 16.9. The molecule has 4 nitrogen and oxygen atoms in total. The number of piperidine rings is 1. The van der Waals surface area contributed by atoms with E-state index < -0.39 is 0 Å². The van der Waals surface area contributed by atoms with Gasteiger partial charge in [0.05, 0.1) is 6.61 Å². The van der Waals surface area contributed by atoms with Gasteiger partial charge >= 0.3 is 0 Å². The molecule has 1 amide bonds. The first-order valence-electron chi connectivity index (χ1n) is 8.77. The summed E-state index contributed by atoms with van der Waals surface area (Å²) >= 11 is 0. The van der Waals surface area contributed by atoms with E-state index in [4.69, 9.17) is 0 Å². The zero-order valence-corrected chi connectivity index (χ0v) is 14.5. The Bertz CT molecular complexity index is 723. The Labute approximate surface area is 143 Å². The number of carbonyl (C=O) groups is 1. The van der Waals surface area contributed by atoms with Crippen molar-refractivity contribution in [1.29, 1.82) is 0 Å². The van der Waals surface area contributed by atoms with Gasteiger partial charge in [-0.3, -0.25) is 9.78 Å². The zero-order valence-electron chi connectivity index (χ0n) is 14.5. The molecule has 1 N–H and O–H groups in total. The maximum atomic E-state index is 13.1. The number of aliphatic hydroxyl groups excluding tert-OH is 1. The fourth-order valence-electron chi connectivity index (χ4n) is 4.09. The number of pyridine rings is 1. The van der Waals surface area contributed by atoms with E-state index in [2.05, 4.69) is 18.8 Å². The first-order chi connectivity index (χ1) is 11.5.